The molecular weight excluding hydrogens is 213 g/mol. The van der Waals surface area contributed by atoms with Crippen molar-refractivity contribution < 1.29 is 23.1 Å². The van der Waals surface area contributed by atoms with E-state index in [-0.39, 0.29) is 0 Å². The Kier molecular flexibility index (Phi) is 2.90. The maximum Gasteiger partial charge on any atom is 0.338 e. The second-order valence-electron chi connectivity index (χ2n) is 2.46. The summed E-state index contributed by atoms with van der Waals surface area (Å²) in [6.45, 7) is 0. The van der Waals surface area contributed by atoms with Gasteiger partial charge in [-0.15, -0.1) is 0 Å². The molecule has 0 aliphatic rings. The minimum Gasteiger partial charge on any atom is -0.478 e. The molecule has 0 radical (unpaired) electrons. The van der Waals surface area contributed by atoms with Crippen LogP contribution in [0.5, 0.6) is 0 Å². The van der Waals surface area contributed by atoms with E-state index in [0.29, 0.717) is 6.20 Å². The van der Waals surface area contributed by atoms with Crippen LogP contribution in [0.1, 0.15) is 28.0 Å². The molecule has 0 atom stereocenters. The Morgan fingerprint density at radius 2 is 2.20 bits per heavy atom. The average molecular weight is 216 g/mol. The minimum atomic E-state index is -3.19. The number of carbonyl (C=O) groups is 1. The van der Waals surface area contributed by atoms with Gasteiger partial charge in [-0.3, -0.25) is 4.98 Å². The van der Waals surface area contributed by atoms with E-state index >= 15 is 0 Å². The van der Waals surface area contributed by atoms with Gasteiger partial charge in [0.05, 0.1) is 5.56 Å². The molecule has 1 aromatic rings. The van der Waals surface area contributed by atoms with E-state index < -0.39 is 35.0 Å². The average Bonchev–Trinajstić information content (AvgIpc) is 2.16. The molecule has 0 aliphatic carbocycles. The fraction of sp³-hybridized carbons (Fsp3) is 0.125. The second-order valence-corrected chi connectivity index (χ2v) is 2.46. The second kappa shape index (κ2) is 3.96. The maximum atomic E-state index is 13.1. The van der Waals surface area contributed by atoms with Gasteiger partial charge < -0.3 is 5.11 Å². The number of halogens is 3. The Bertz CT molecular complexity index is 454. The van der Waals surface area contributed by atoms with E-state index in [9.17, 15) is 18.0 Å². The molecule has 0 aliphatic heterocycles. The smallest absolute Gasteiger partial charge is 0.338 e. The highest BCUT2D eigenvalue weighted by molar-refractivity contribution is 5.90. The van der Waals surface area contributed by atoms with Crippen molar-refractivity contribution in [2.45, 2.75) is 6.43 Å². The number of hydrogen-bond acceptors (Lipinski definition) is 3. The van der Waals surface area contributed by atoms with Crippen molar-refractivity contribution in [3.8, 4) is 6.07 Å². The molecule has 1 rings (SSSR count). The molecule has 0 saturated carbocycles. The number of carboxylic acids is 1. The van der Waals surface area contributed by atoms with Crippen LogP contribution in [0.4, 0.5) is 13.2 Å². The summed E-state index contributed by atoms with van der Waals surface area (Å²) in [6.07, 6.45) is -2.66. The van der Waals surface area contributed by atoms with Crippen LogP contribution in [0.15, 0.2) is 6.20 Å². The Morgan fingerprint density at radius 3 is 2.60 bits per heavy atom. The van der Waals surface area contributed by atoms with Crippen LogP contribution in [0.3, 0.4) is 0 Å². The highest BCUT2D eigenvalue weighted by Gasteiger charge is 2.23. The van der Waals surface area contributed by atoms with Gasteiger partial charge in [0.2, 0.25) is 0 Å². The van der Waals surface area contributed by atoms with Crippen molar-refractivity contribution in [1.82, 2.24) is 4.98 Å². The standard InChI is InChI=1S/C8H3F3N2O2/c9-5-3(1-12)4(8(14)15)2-13-6(5)7(10)11/h2,7H,(H,14,15). The molecule has 1 aromatic heterocycles. The molecule has 1 heterocycles. The van der Waals surface area contributed by atoms with E-state index in [0.717, 1.165) is 0 Å². The van der Waals surface area contributed by atoms with Crippen LogP contribution in [-0.4, -0.2) is 16.1 Å². The molecule has 0 aromatic carbocycles. The van der Waals surface area contributed by atoms with Gasteiger partial charge in [-0.2, -0.15) is 5.26 Å². The van der Waals surface area contributed by atoms with Crippen molar-refractivity contribution in [1.29, 1.82) is 5.26 Å². The minimum absolute atomic E-state index is 0.533. The first-order valence-electron chi connectivity index (χ1n) is 3.59. The number of aromatic nitrogens is 1. The van der Waals surface area contributed by atoms with Gasteiger partial charge in [0.15, 0.2) is 5.82 Å². The predicted octanol–water partition coefficient (Wildman–Crippen LogP) is 1.73. The molecule has 0 bridgehead atoms. The first-order valence-corrected chi connectivity index (χ1v) is 3.59. The molecule has 15 heavy (non-hydrogen) atoms. The van der Waals surface area contributed by atoms with Gasteiger partial charge in [0.1, 0.15) is 17.3 Å². The summed E-state index contributed by atoms with van der Waals surface area (Å²) < 4.78 is 37.4. The molecule has 0 saturated heterocycles. The van der Waals surface area contributed by atoms with Gasteiger partial charge in [0.25, 0.3) is 6.43 Å². The van der Waals surface area contributed by atoms with E-state index in [1.807, 2.05) is 0 Å². The predicted molar refractivity (Wildman–Crippen MR) is 40.8 cm³/mol. The summed E-state index contributed by atoms with van der Waals surface area (Å²) in [5.74, 6) is -3.19. The summed E-state index contributed by atoms with van der Waals surface area (Å²) in [7, 11) is 0. The third kappa shape index (κ3) is 1.88. The van der Waals surface area contributed by atoms with E-state index in [4.69, 9.17) is 10.4 Å². The molecular formula is C8H3F3N2O2. The molecule has 0 amide bonds. The molecule has 0 fully saturated rings. The highest BCUT2D eigenvalue weighted by Crippen LogP contribution is 2.23. The van der Waals surface area contributed by atoms with Gasteiger partial charge in [-0.05, 0) is 0 Å². The number of rotatable bonds is 2. The molecule has 0 unspecified atom stereocenters. The lowest BCUT2D eigenvalue weighted by atomic mass is 10.1. The van der Waals surface area contributed by atoms with E-state index in [1.54, 1.807) is 0 Å². The maximum absolute atomic E-state index is 13.1. The molecule has 1 N–H and O–H groups in total. The summed E-state index contributed by atoms with van der Waals surface area (Å²) in [6, 6.07) is 1.21. The number of carboxylic acid groups (broad SMARTS) is 1. The van der Waals surface area contributed by atoms with Crippen LogP contribution < -0.4 is 0 Å². The van der Waals surface area contributed by atoms with E-state index in [1.165, 1.54) is 6.07 Å². The molecule has 0 spiro atoms. The zero-order valence-corrected chi connectivity index (χ0v) is 7.04. The number of hydrogen-bond donors (Lipinski definition) is 1. The van der Waals surface area contributed by atoms with E-state index in [2.05, 4.69) is 4.98 Å². The first kappa shape index (κ1) is 11.0. The Balaban J connectivity index is 3.48. The van der Waals surface area contributed by atoms with Gasteiger partial charge >= 0.3 is 5.97 Å². The van der Waals surface area contributed by atoms with Crippen molar-refractivity contribution in [3.63, 3.8) is 0 Å². The Morgan fingerprint density at radius 1 is 1.60 bits per heavy atom. The van der Waals surface area contributed by atoms with Crippen LogP contribution in [-0.2, 0) is 0 Å². The zero-order chi connectivity index (χ0) is 11.6. The lowest BCUT2D eigenvalue weighted by Crippen LogP contribution is -2.07. The molecule has 7 heteroatoms. The quantitative estimate of drug-likeness (QED) is 0.816. The van der Waals surface area contributed by atoms with Crippen molar-refractivity contribution in [3.05, 3.63) is 28.8 Å². The Labute approximate surface area is 81.6 Å². The van der Waals surface area contributed by atoms with Gasteiger partial charge in [0, 0.05) is 6.20 Å². The van der Waals surface area contributed by atoms with Crippen molar-refractivity contribution in [2.75, 3.05) is 0 Å². The Hall–Kier alpha value is -2.10. The number of aromatic carboxylic acids is 1. The number of alkyl halides is 2. The van der Waals surface area contributed by atoms with Crippen LogP contribution >= 0.6 is 0 Å². The topological polar surface area (TPSA) is 74.0 Å². The molecule has 4 nitrogen and oxygen atoms in total. The van der Waals surface area contributed by atoms with Crippen molar-refractivity contribution >= 4 is 5.97 Å². The number of pyridine rings is 1. The van der Waals surface area contributed by atoms with Gasteiger partial charge in [-0.25, -0.2) is 18.0 Å². The lowest BCUT2D eigenvalue weighted by molar-refractivity contribution is 0.0694. The third-order valence-corrected chi connectivity index (χ3v) is 1.60. The third-order valence-electron chi connectivity index (χ3n) is 1.60. The zero-order valence-electron chi connectivity index (χ0n) is 7.04. The fourth-order valence-corrected chi connectivity index (χ4v) is 0.925. The fourth-order valence-electron chi connectivity index (χ4n) is 0.925. The highest BCUT2D eigenvalue weighted by atomic mass is 19.3. The van der Waals surface area contributed by atoms with Crippen LogP contribution in [0.25, 0.3) is 0 Å². The van der Waals surface area contributed by atoms with Crippen molar-refractivity contribution in [2.24, 2.45) is 0 Å². The van der Waals surface area contributed by atoms with Crippen LogP contribution in [0, 0.1) is 17.1 Å². The number of nitrogens with zero attached hydrogens (tertiary/aromatic N) is 2. The summed E-state index contributed by atoms with van der Waals surface area (Å²) in [5.41, 5.74) is -2.90. The largest absolute Gasteiger partial charge is 0.478 e. The normalized spacial score (nSPS) is 10.1. The number of nitriles is 1. The monoisotopic (exact) mass is 216 g/mol. The molecule has 78 valence electrons. The van der Waals surface area contributed by atoms with Crippen LogP contribution in [0.2, 0.25) is 0 Å². The summed E-state index contributed by atoms with van der Waals surface area (Å²) >= 11 is 0. The summed E-state index contributed by atoms with van der Waals surface area (Å²) in [5, 5.41) is 16.9. The first-order chi connectivity index (χ1) is 6.99. The summed E-state index contributed by atoms with van der Waals surface area (Å²) in [4.78, 5) is 13.4. The van der Waals surface area contributed by atoms with Gasteiger partial charge in [-0.1, -0.05) is 0 Å². The lowest BCUT2D eigenvalue weighted by Gasteiger charge is -2.04. The SMILES string of the molecule is N#Cc1c(C(=O)O)cnc(C(F)F)c1F.